The highest BCUT2D eigenvalue weighted by molar-refractivity contribution is 5.95. The van der Waals surface area contributed by atoms with Crippen LogP contribution in [-0.2, 0) is 0 Å². The number of benzene rings is 1. The van der Waals surface area contributed by atoms with Gasteiger partial charge in [0.05, 0.1) is 4.92 Å². The van der Waals surface area contributed by atoms with Gasteiger partial charge in [-0.05, 0) is 24.0 Å². The number of anilines is 1. The van der Waals surface area contributed by atoms with E-state index < -0.39 is 0 Å². The Bertz CT molecular complexity index is 578. The van der Waals surface area contributed by atoms with Gasteiger partial charge in [-0.1, -0.05) is 0 Å². The van der Waals surface area contributed by atoms with Gasteiger partial charge in [-0.15, -0.1) is 0 Å². The van der Waals surface area contributed by atoms with Crippen molar-refractivity contribution in [2.45, 2.75) is 0 Å². The van der Waals surface area contributed by atoms with Gasteiger partial charge in [0.25, 0.3) is 11.6 Å². The first-order chi connectivity index (χ1) is 10.1. The van der Waals surface area contributed by atoms with Gasteiger partial charge in [-0.3, -0.25) is 14.9 Å². The summed E-state index contributed by atoms with van der Waals surface area (Å²) in [6.45, 7) is 3.53. The van der Waals surface area contributed by atoms with Crippen LogP contribution in [0.5, 0.6) is 0 Å². The molecule has 2 heterocycles. The zero-order chi connectivity index (χ0) is 15.0. The van der Waals surface area contributed by atoms with Gasteiger partial charge < -0.3 is 15.5 Å². The van der Waals surface area contributed by atoms with Crippen LogP contribution in [0, 0.1) is 22.0 Å². The topological polar surface area (TPSA) is 87.5 Å². The van der Waals surface area contributed by atoms with E-state index in [0.717, 1.165) is 26.2 Å². The average molecular weight is 290 g/mol. The van der Waals surface area contributed by atoms with Crippen molar-refractivity contribution in [2.75, 3.05) is 38.1 Å². The van der Waals surface area contributed by atoms with Crippen LogP contribution in [-0.4, -0.2) is 44.1 Å². The molecule has 0 aliphatic carbocycles. The molecule has 0 spiro atoms. The van der Waals surface area contributed by atoms with E-state index in [1.54, 1.807) is 13.1 Å². The maximum Gasteiger partial charge on any atom is 0.292 e. The molecule has 1 aromatic carbocycles. The van der Waals surface area contributed by atoms with Gasteiger partial charge in [-0.25, -0.2) is 0 Å². The van der Waals surface area contributed by atoms with Crippen LogP contribution in [0.4, 0.5) is 11.4 Å². The fourth-order valence-electron chi connectivity index (χ4n) is 3.27. The van der Waals surface area contributed by atoms with Crippen LogP contribution in [0.25, 0.3) is 0 Å². The molecule has 112 valence electrons. The maximum absolute atomic E-state index is 11.7. The summed E-state index contributed by atoms with van der Waals surface area (Å²) in [5, 5.41) is 17.1. The number of nitro benzene ring substituents is 1. The van der Waals surface area contributed by atoms with Crippen molar-refractivity contribution in [3.05, 3.63) is 33.9 Å². The number of nitro groups is 1. The Morgan fingerprint density at radius 2 is 2.05 bits per heavy atom. The molecule has 2 fully saturated rings. The summed E-state index contributed by atoms with van der Waals surface area (Å²) in [5.41, 5.74) is 1.07. The summed E-state index contributed by atoms with van der Waals surface area (Å²) in [6.07, 6.45) is 0. The van der Waals surface area contributed by atoms with E-state index in [2.05, 4.69) is 10.6 Å². The zero-order valence-corrected chi connectivity index (χ0v) is 11.8. The number of rotatable bonds is 3. The third-order valence-corrected chi connectivity index (χ3v) is 4.39. The van der Waals surface area contributed by atoms with E-state index in [1.807, 2.05) is 4.90 Å². The van der Waals surface area contributed by atoms with Crippen molar-refractivity contribution >= 4 is 17.3 Å². The zero-order valence-electron chi connectivity index (χ0n) is 11.8. The van der Waals surface area contributed by atoms with Crippen molar-refractivity contribution in [2.24, 2.45) is 11.8 Å². The Morgan fingerprint density at radius 1 is 1.38 bits per heavy atom. The van der Waals surface area contributed by atoms with E-state index in [1.165, 1.54) is 12.1 Å². The Hall–Kier alpha value is -2.15. The fraction of sp³-hybridized carbons (Fsp3) is 0.500. The van der Waals surface area contributed by atoms with Crippen molar-refractivity contribution in [1.82, 2.24) is 10.6 Å². The summed E-state index contributed by atoms with van der Waals surface area (Å²) in [7, 11) is 1.55. The number of hydrogen-bond donors (Lipinski definition) is 2. The average Bonchev–Trinajstić information content (AvgIpc) is 3.06. The minimum absolute atomic E-state index is 0.0654. The van der Waals surface area contributed by atoms with Crippen molar-refractivity contribution < 1.29 is 9.72 Å². The summed E-state index contributed by atoms with van der Waals surface area (Å²) >= 11 is 0. The lowest BCUT2D eigenvalue weighted by atomic mass is 10.0. The molecular formula is C14H18N4O3. The van der Waals surface area contributed by atoms with Crippen LogP contribution in [0.15, 0.2) is 18.2 Å². The predicted octanol–water partition coefficient (Wildman–Crippen LogP) is 0.610. The number of nitrogens with one attached hydrogen (secondary N) is 2. The monoisotopic (exact) mass is 290 g/mol. The molecule has 2 aliphatic rings. The summed E-state index contributed by atoms with van der Waals surface area (Å²) < 4.78 is 0. The fourth-order valence-corrected chi connectivity index (χ4v) is 3.27. The lowest BCUT2D eigenvalue weighted by Crippen LogP contribution is -2.26. The number of carbonyl (C=O) groups excluding carboxylic acids is 1. The van der Waals surface area contributed by atoms with Gasteiger partial charge in [0.2, 0.25) is 0 Å². The first-order valence-electron chi connectivity index (χ1n) is 7.06. The van der Waals surface area contributed by atoms with Gasteiger partial charge in [0.15, 0.2) is 0 Å². The van der Waals surface area contributed by atoms with Gasteiger partial charge in [0, 0.05) is 44.9 Å². The Kier molecular flexibility index (Phi) is 3.50. The smallest absolute Gasteiger partial charge is 0.292 e. The Balaban J connectivity index is 1.95. The highest BCUT2D eigenvalue weighted by Crippen LogP contribution is 2.36. The molecule has 0 saturated carbocycles. The van der Waals surface area contributed by atoms with Gasteiger partial charge >= 0.3 is 0 Å². The first kappa shape index (κ1) is 13.8. The lowest BCUT2D eigenvalue weighted by Gasteiger charge is -2.20. The van der Waals surface area contributed by atoms with Crippen LogP contribution in [0.2, 0.25) is 0 Å². The van der Waals surface area contributed by atoms with Crippen LogP contribution >= 0.6 is 0 Å². The second-order valence-corrected chi connectivity index (χ2v) is 5.62. The summed E-state index contributed by atoms with van der Waals surface area (Å²) in [6, 6.07) is 4.55. The molecule has 2 saturated heterocycles. The van der Waals surface area contributed by atoms with Gasteiger partial charge in [0.1, 0.15) is 5.69 Å². The Labute approximate surface area is 122 Å². The lowest BCUT2D eigenvalue weighted by molar-refractivity contribution is -0.384. The van der Waals surface area contributed by atoms with Crippen LogP contribution in [0.3, 0.4) is 0 Å². The quantitative estimate of drug-likeness (QED) is 0.629. The van der Waals surface area contributed by atoms with Crippen molar-refractivity contribution in [3.63, 3.8) is 0 Å². The normalized spacial score (nSPS) is 24.0. The van der Waals surface area contributed by atoms with E-state index in [9.17, 15) is 14.9 Å². The van der Waals surface area contributed by atoms with E-state index in [-0.39, 0.29) is 16.5 Å². The number of fused-ring (bicyclic) bond motifs is 1. The van der Waals surface area contributed by atoms with E-state index in [4.69, 9.17) is 0 Å². The molecule has 0 bridgehead atoms. The third kappa shape index (κ3) is 2.44. The molecular weight excluding hydrogens is 272 g/mol. The van der Waals surface area contributed by atoms with Crippen LogP contribution in [0.1, 0.15) is 10.4 Å². The molecule has 1 aromatic rings. The minimum Gasteiger partial charge on any atom is -0.365 e. The molecule has 2 unspecified atom stereocenters. The second-order valence-electron chi connectivity index (χ2n) is 5.62. The molecule has 3 rings (SSSR count). The molecule has 2 aliphatic heterocycles. The molecule has 7 nitrogen and oxygen atoms in total. The van der Waals surface area contributed by atoms with E-state index >= 15 is 0 Å². The first-order valence-corrected chi connectivity index (χ1v) is 7.06. The molecule has 1 amide bonds. The van der Waals surface area contributed by atoms with Crippen molar-refractivity contribution in [1.29, 1.82) is 0 Å². The maximum atomic E-state index is 11.7. The Morgan fingerprint density at radius 3 is 2.62 bits per heavy atom. The third-order valence-electron chi connectivity index (χ3n) is 4.39. The standard InChI is InChI=1S/C14H18N4O3/c1-15-14(19)9-2-3-12(18(20)21)13(4-9)17-7-10-5-16-6-11(10)8-17/h2-4,10-11,16H,5-8H2,1H3,(H,15,19). The second kappa shape index (κ2) is 5.33. The molecule has 2 atom stereocenters. The predicted molar refractivity (Wildman–Crippen MR) is 78.5 cm³/mol. The van der Waals surface area contributed by atoms with Crippen LogP contribution < -0.4 is 15.5 Å². The molecule has 7 heteroatoms. The summed E-state index contributed by atoms with van der Waals surface area (Å²) in [5.74, 6) is 0.841. The number of nitrogens with zero attached hydrogens (tertiary/aromatic N) is 2. The largest absolute Gasteiger partial charge is 0.365 e. The summed E-state index contributed by atoms with van der Waals surface area (Å²) in [4.78, 5) is 24.7. The molecule has 0 aromatic heterocycles. The molecule has 2 N–H and O–H groups in total. The number of hydrogen-bond acceptors (Lipinski definition) is 5. The number of carbonyl (C=O) groups is 1. The van der Waals surface area contributed by atoms with Gasteiger partial charge in [-0.2, -0.15) is 0 Å². The molecule has 21 heavy (non-hydrogen) atoms. The van der Waals surface area contributed by atoms with E-state index in [0.29, 0.717) is 23.1 Å². The minimum atomic E-state index is -0.380. The number of amides is 1. The highest BCUT2D eigenvalue weighted by atomic mass is 16.6. The SMILES string of the molecule is CNC(=O)c1ccc([N+](=O)[O-])c(N2CC3CNCC3C2)c1. The highest BCUT2D eigenvalue weighted by Gasteiger charge is 2.38. The van der Waals surface area contributed by atoms with Crippen molar-refractivity contribution in [3.8, 4) is 0 Å². The molecule has 0 radical (unpaired) electrons.